The van der Waals surface area contributed by atoms with E-state index in [9.17, 15) is 0 Å². The zero-order chi connectivity index (χ0) is 12.1. The van der Waals surface area contributed by atoms with E-state index in [0.717, 1.165) is 31.2 Å². The Morgan fingerprint density at radius 2 is 2.24 bits per heavy atom. The van der Waals surface area contributed by atoms with E-state index in [1.807, 2.05) is 6.07 Å². The Bertz CT molecular complexity index is 326. The zero-order valence-electron chi connectivity index (χ0n) is 10.9. The van der Waals surface area contributed by atoms with E-state index in [1.165, 1.54) is 18.4 Å². The quantitative estimate of drug-likeness (QED) is 0.815. The third kappa shape index (κ3) is 3.47. The van der Waals surface area contributed by atoms with Gasteiger partial charge in [0.15, 0.2) is 0 Å². The van der Waals surface area contributed by atoms with Crippen LogP contribution in [-0.2, 0) is 6.42 Å². The number of ether oxygens (including phenoxy) is 1. The highest BCUT2D eigenvalue weighted by molar-refractivity contribution is 5.37. The molecule has 0 radical (unpaired) electrons. The highest BCUT2D eigenvalue weighted by atomic mass is 16.5. The Hall–Kier alpha value is -1.02. The van der Waals surface area contributed by atoms with Gasteiger partial charge in [0.25, 0.3) is 0 Å². The summed E-state index contributed by atoms with van der Waals surface area (Å²) in [4.78, 5) is 0. The predicted octanol–water partition coefficient (Wildman–Crippen LogP) is 3.02. The fourth-order valence-corrected chi connectivity index (χ4v) is 2.45. The van der Waals surface area contributed by atoms with Gasteiger partial charge in [-0.15, -0.1) is 0 Å². The average Bonchev–Trinajstić information content (AvgIpc) is 2.71. The third-order valence-corrected chi connectivity index (χ3v) is 3.36. The molecule has 0 saturated heterocycles. The van der Waals surface area contributed by atoms with Crippen LogP contribution in [-0.4, -0.2) is 19.2 Å². The zero-order valence-corrected chi connectivity index (χ0v) is 10.9. The first-order valence-electron chi connectivity index (χ1n) is 6.75. The molecule has 0 fully saturated rings. The van der Waals surface area contributed by atoms with Crippen LogP contribution in [0.25, 0.3) is 0 Å². The Morgan fingerprint density at radius 1 is 1.41 bits per heavy atom. The van der Waals surface area contributed by atoms with E-state index in [4.69, 9.17) is 4.74 Å². The minimum absolute atomic E-state index is 0.321. The van der Waals surface area contributed by atoms with Crippen LogP contribution >= 0.6 is 0 Å². The van der Waals surface area contributed by atoms with Crippen LogP contribution in [0.15, 0.2) is 24.3 Å². The van der Waals surface area contributed by atoms with Crippen LogP contribution in [0.4, 0.5) is 0 Å². The summed E-state index contributed by atoms with van der Waals surface area (Å²) in [6.07, 6.45) is 3.94. The van der Waals surface area contributed by atoms with Gasteiger partial charge >= 0.3 is 0 Å². The molecule has 17 heavy (non-hydrogen) atoms. The standard InChI is InChI=1S/C15H23NO/c1-3-6-12(2)10-16-11-14-9-13-7-4-5-8-15(13)17-14/h4-5,7-8,12,14,16H,3,6,9-11H2,1-2H3. The minimum atomic E-state index is 0.321. The van der Waals surface area contributed by atoms with Crippen molar-refractivity contribution < 1.29 is 4.74 Å². The van der Waals surface area contributed by atoms with Gasteiger partial charge in [0, 0.05) is 13.0 Å². The Kier molecular flexibility index (Phi) is 4.43. The largest absolute Gasteiger partial charge is 0.488 e. The Labute approximate surface area is 104 Å². The van der Waals surface area contributed by atoms with Crippen molar-refractivity contribution >= 4 is 0 Å². The molecule has 2 unspecified atom stereocenters. The Balaban J connectivity index is 1.70. The summed E-state index contributed by atoms with van der Waals surface area (Å²) in [6.45, 7) is 6.61. The van der Waals surface area contributed by atoms with Gasteiger partial charge < -0.3 is 10.1 Å². The maximum atomic E-state index is 5.89. The van der Waals surface area contributed by atoms with Crippen molar-refractivity contribution in [2.45, 2.75) is 39.2 Å². The molecule has 1 N–H and O–H groups in total. The van der Waals surface area contributed by atoms with Gasteiger partial charge in [-0.25, -0.2) is 0 Å². The van der Waals surface area contributed by atoms with Gasteiger partial charge in [-0.05, 0) is 30.5 Å². The average molecular weight is 233 g/mol. The van der Waals surface area contributed by atoms with E-state index >= 15 is 0 Å². The smallest absolute Gasteiger partial charge is 0.123 e. The molecule has 94 valence electrons. The lowest BCUT2D eigenvalue weighted by molar-refractivity contribution is 0.225. The first-order chi connectivity index (χ1) is 8.29. The van der Waals surface area contributed by atoms with Gasteiger partial charge in [-0.2, -0.15) is 0 Å². The predicted molar refractivity (Wildman–Crippen MR) is 71.5 cm³/mol. The summed E-state index contributed by atoms with van der Waals surface area (Å²) in [5, 5.41) is 3.52. The molecule has 1 aliphatic rings. The van der Waals surface area contributed by atoms with Crippen LogP contribution in [0, 0.1) is 5.92 Å². The number of hydrogen-bond donors (Lipinski definition) is 1. The molecule has 0 aliphatic carbocycles. The molecule has 2 rings (SSSR count). The molecule has 1 aromatic rings. The first-order valence-corrected chi connectivity index (χ1v) is 6.75. The fraction of sp³-hybridized carbons (Fsp3) is 0.600. The van der Waals surface area contributed by atoms with E-state index in [0.29, 0.717) is 6.10 Å². The molecule has 2 heteroatoms. The van der Waals surface area contributed by atoms with Crippen molar-refractivity contribution in [3.05, 3.63) is 29.8 Å². The van der Waals surface area contributed by atoms with Gasteiger partial charge in [-0.1, -0.05) is 38.5 Å². The second-order valence-corrected chi connectivity index (χ2v) is 5.10. The van der Waals surface area contributed by atoms with E-state index < -0.39 is 0 Å². The lowest BCUT2D eigenvalue weighted by atomic mass is 10.1. The summed E-state index contributed by atoms with van der Waals surface area (Å²) in [6, 6.07) is 8.35. The highest BCUT2D eigenvalue weighted by Gasteiger charge is 2.21. The molecule has 1 aliphatic heterocycles. The van der Waals surface area contributed by atoms with Crippen molar-refractivity contribution in [2.24, 2.45) is 5.92 Å². The number of para-hydroxylation sites is 1. The topological polar surface area (TPSA) is 21.3 Å². The monoisotopic (exact) mass is 233 g/mol. The van der Waals surface area contributed by atoms with Gasteiger partial charge in [0.1, 0.15) is 11.9 Å². The fourth-order valence-electron chi connectivity index (χ4n) is 2.45. The molecule has 2 atom stereocenters. The lowest BCUT2D eigenvalue weighted by Crippen LogP contribution is -2.32. The van der Waals surface area contributed by atoms with Crippen LogP contribution in [0.1, 0.15) is 32.3 Å². The normalized spacial score (nSPS) is 19.8. The summed E-state index contributed by atoms with van der Waals surface area (Å²) in [7, 11) is 0. The molecular weight excluding hydrogens is 210 g/mol. The van der Waals surface area contributed by atoms with Crippen molar-refractivity contribution in [3.63, 3.8) is 0 Å². The van der Waals surface area contributed by atoms with Gasteiger partial charge in [0.2, 0.25) is 0 Å². The summed E-state index contributed by atoms with van der Waals surface area (Å²) in [5.74, 6) is 1.84. The number of benzene rings is 1. The van der Waals surface area contributed by atoms with Gasteiger partial charge in [0.05, 0.1) is 0 Å². The number of hydrogen-bond acceptors (Lipinski definition) is 2. The molecule has 1 heterocycles. The molecule has 0 spiro atoms. The highest BCUT2D eigenvalue weighted by Crippen LogP contribution is 2.27. The molecule has 2 nitrogen and oxygen atoms in total. The number of fused-ring (bicyclic) bond motifs is 1. The minimum Gasteiger partial charge on any atom is -0.488 e. The molecular formula is C15H23NO. The van der Waals surface area contributed by atoms with Crippen molar-refractivity contribution in [3.8, 4) is 5.75 Å². The lowest BCUT2D eigenvalue weighted by Gasteiger charge is -2.15. The van der Waals surface area contributed by atoms with Crippen molar-refractivity contribution in [1.82, 2.24) is 5.32 Å². The second kappa shape index (κ2) is 6.06. The summed E-state index contributed by atoms with van der Waals surface area (Å²) >= 11 is 0. The van der Waals surface area contributed by atoms with E-state index in [1.54, 1.807) is 0 Å². The second-order valence-electron chi connectivity index (χ2n) is 5.10. The third-order valence-electron chi connectivity index (χ3n) is 3.36. The summed E-state index contributed by atoms with van der Waals surface area (Å²) in [5.41, 5.74) is 1.35. The molecule has 0 bridgehead atoms. The Morgan fingerprint density at radius 3 is 3.00 bits per heavy atom. The van der Waals surface area contributed by atoms with Crippen molar-refractivity contribution in [1.29, 1.82) is 0 Å². The van der Waals surface area contributed by atoms with Gasteiger partial charge in [-0.3, -0.25) is 0 Å². The molecule has 0 aromatic heterocycles. The maximum absolute atomic E-state index is 5.89. The number of rotatable bonds is 6. The first kappa shape index (κ1) is 12.4. The van der Waals surface area contributed by atoms with E-state index in [-0.39, 0.29) is 0 Å². The summed E-state index contributed by atoms with van der Waals surface area (Å²) < 4.78 is 5.89. The van der Waals surface area contributed by atoms with Crippen LogP contribution in [0.5, 0.6) is 5.75 Å². The van der Waals surface area contributed by atoms with Crippen LogP contribution < -0.4 is 10.1 Å². The van der Waals surface area contributed by atoms with Crippen molar-refractivity contribution in [2.75, 3.05) is 13.1 Å². The number of nitrogens with one attached hydrogen (secondary N) is 1. The molecule has 0 amide bonds. The molecule has 0 saturated carbocycles. The van der Waals surface area contributed by atoms with Crippen LogP contribution in [0.3, 0.4) is 0 Å². The van der Waals surface area contributed by atoms with Crippen LogP contribution in [0.2, 0.25) is 0 Å². The maximum Gasteiger partial charge on any atom is 0.123 e. The van der Waals surface area contributed by atoms with E-state index in [2.05, 4.69) is 37.4 Å². The molecule has 1 aromatic carbocycles. The SMILES string of the molecule is CCCC(C)CNCC1Cc2ccccc2O1.